The molecule has 0 aliphatic rings. The molecule has 2 aromatic rings. The fraction of sp³-hybridized carbons (Fsp3) is 0.500. The zero-order valence-electron chi connectivity index (χ0n) is 11.0. The van der Waals surface area contributed by atoms with Gasteiger partial charge in [-0.15, -0.1) is 0 Å². The molecule has 2 unspecified atom stereocenters. The van der Waals surface area contributed by atoms with Crippen LogP contribution in [0, 0.1) is 5.92 Å². The van der Waals surface area contributed by atoms with E-state index in [1.807, 2.05) is 18.2 Å². The van der Waals surface area contributed by atoms with Crippen LogP contribution < -0.4 is 5.32 Å². The Balaban J connectivity index is 2.10. The Morgan fingerprint density at radius 3 is 2.83 bits per heavy atom. The standard InChI is InChI=1S/C14H19ClN2S/c1-4-9(2)8-10(3)16-14-17-12-7-5-6-11(15)13(12)18-14/h5-7,9-10H,4,8H2,1-3H3,(H,16,17). The number of anilines is 1. The Kier molecular flexibility index (Phi) is 4.46. The van der Waals surface area contributed by atoms with Crippen LogP contribution >= 0.6 is 22.9 Å². The molecular formula is C14H19ClN2S. The van der Waals surface area contributed by atoms with Gasteiger partial charge in [0.2, 0.25) is 0 Å². The summed E-state index contributed by atoms with van der Waals surface area (Å²) in [7, 11) is 0. The van der Waals surface area contributed by atoms with Gasteiger partial charge in [-0.05, 0) is 31.4 Å². The van der Waals surface area contributed by atoms with E-state index < -0.39 is 0 Å². The Morgan fingerprint density at radius 2 is 2.17 bits per heavy atom. The lowest BCUT2D eigenvalue weighted by molar-refractivity contribution is 0.484. The molecule has 0 saturated heterocycles. The number of rotatable bonds is 5. The molecule has 0 amide bonds. The smallest absolute Gasteiger partial charge is 0.184 e. The fourth-order valence-electron chi connectivity index (χ4n) is 2.02. The fourth-order valence-corrected chi connectivity index (χ4v) is 3.28. The highest BCUT2D eigenvalue weighted by Gasteiger charge is 2.11. The quantitative estimate of drug-likeness (QED) is 0.817. The summed E-state index contributed by atoms with van der Waals surface area (Å²) in [6.07, 6.45) is 2.39. The Hall–Kier alpha value is -0.800. The predicted molar refractivity (Wildman–Crippen MR) is 81.8 cm³/mol. The normalized spacial score (nSPS) is 14.7. The minimum atomic E-state index is 0.444. The van der Waals surface area contributed by atoms with Crippen molar-refractivity contribution < 1.29 is 0 Å². The Bertz CT molecular complexity index is 523. The van der Waals surface area contributed by atoms with Crippen molar-refractivity contribution in [2.45, 2.75) is 39.7 Å². The average molecular weight is 283 g/mol. The number of aromatic nitrogens is 1. The van der Waals surface area contributed by atoms with Gasteiger partial charge in [0.05, 0.1) is 15.2 Å². The van der Waals surface area contributed by atoms with Gasteiger partial charge >= 0.3 is 0 Å². The lowest BCUT2D eigenvalue weighted by Crippen LogP contribution is -2.17. The van der Waals surface area contributed by atoms with E-state index in [0.29, 0.717) is 6.04 Å². The molecule has 0 bridgehead atoms. The molecule has 0 saturated carbocycles. The first kappa shape index (κ1) is 13.6. The van der Waals surface area contributed by atoms with E-state index >= 15 is 0 Å². The highest BCUT2D eigenvalue weighted by atomic mass is 35.5. The molecular weight excluding hydrogens is 264 g/mol. The second-order valence-corrected chi connectivity index (χ2v) is 6.31. The molecule has 2 atom stereocenters. The first-order valence-corrected chi connectivity index (χ1v) is 7.61. The van der Waals surface area contributed by atoms with Crippen LogP contribution in [0.1, 0.15) is 33.6 Å². The molecule has 0 radical (unpaired) electrons. The summed E-state index contributed by atoms with van der Waals surface area (Å²) in [5.74, 6) is 0.741. The number of halogens is 1. The molecule has 1 N–H and O–H groups in total. The highest BCUT2D eigenvalue weighted by Crippen LogP contribution is 2.32. The van der Waals surface area contributed by atoms with Gasteiger partial charge in [-0.25, -0.2) is 4.98 Å². The summed E-state index contributed by atoms with van der Waals surface area (Å²) in [5.41, 5.74) is 0.978. The first-order valence-electron chi connectivity index (χ1n) is 6.41. The van der Waals surface area contributed by atoms with E-state index in [1.165, 1.54) is 12.8 Å². The summed E-state index contributed by atoms with van der Waals surface area (Å²) in [5, 5.41) is 5.22. The molecule has 0 aliphatic heterocycles. The van der Waals surface area contributed by atoms with E-state index in [9.17, 15) is 0 Å². The van der Waals surface area contributed by atoms with Crippen LogP contribution in [0.4, 0.5) is 5.13 Å². The van der Waals surface area contributed by atoms with E-state index in [1.54, 1.807) is 11.3 Å². The van der Waals surface area contributed by atoms with Crippen LogP contribution in [0.3, 0.4) is 0 Å². The van der Waals surface area contributed by atoms with Crippen molar-refractivity contribution >= 4 is 38.3 Å². The molecule has 2 rings (SSSR count). The topological polar surface area (TPSA) is 24.9 Å². The van der Waals surface area contributed by atoms with Gasteiger partial charge in [-0.1, -0.05) is 49.3 Å². The van der Waals surface area contributed by atoms with E-state index in [-0.39, 0.29) is 0 Å². The van der Waals surface area contributed by atoms with Crippen LogP contribution in [0.5, 0.6) is 0 Å². The maximum absolute atomic E-state index is 6.16. The van der Waals surface area contributed by atoms with Gasteiger partial charge in [0.1, 0.15) is 0 Å². The molecule has 0 spiro atoms. The minimum absolute atomic E-state index is 0.444. The summed E-state index contributed by atoms with van der Waals surface area (Å²) in [4.78, 5) is 4.57. The second-order valence-electron chi connectivity index (χ2n) is 4.90. The molecule has 0 fully saturated rings. The van der Waals surface area contributed by atoms with Crippen LogP contribution in [-0.2, 0) is 0 Å². The van der Waals surface area contributed by atoms with Gasteiger partial charge in [0.25, 0.3) is 0 Å². The van der Waals surface area contributed by atoms with Crippen LogP contribution in [0.25, 0.3) is 10.2 Å². The van der Waals surface area contributed by atoms with Gasteiger partial charge in [-0.3, -0.25) is 0 Å². The van der Waals surface area contributed by atoms with Crippen LogP contribution in [0.2, 0.25) is 5.02 Å². The molecule has 1 heterocycles. The van der Waals surface area contributed by atoms with Crippen molar-refractivity contribution in [3.8, 4) is 0 Å². The van der Waals surface area contributed by atoms with E-state index in [2.05, 4.69) is 31.1 Å². The number of hydrogen-bond donors (Lipinski definition) is 1. The minimum Gasteiger partial charge on any atom is -0.359 e. The summed E-state index contributed by atoms with van der Waals surface area (Å²) in [6, 6.07) is 6.30. The van der Waals surface area contributed by atoms with Crippen LogP contribution in [-0.4, -0.2) is 11.0 Å². The maximum Gasteiger partial charge on any atom is 0.184 e. The van der Waals surface area contributed by atoms with Crippen molar-refractivity contribution in [3.63, 3.8) is 0 Å². The average Bonchev–Trinajstić information content (AvgIpc) is 2.72. The molecule has 4 heteroatoms. The molecule has 18 heavy (non-hydrogen) atoms. The maximum atomic E-state index is 6.16. The number of nitrogens with one attached hydrogen (secondary N) is 1. The third kappa shape index (κ3) is 3.15. The summed E-state index contributed by atoms with van der Waals surface area (Å²) < 4.78 is 1.07. The highest BCUT2D eigenvalue weighted by molar-refractivity contribution is 7.22. The van der Waals surface area contributed by atoms with Gasteiger partial charge in [-0.2, -0.15) is 0 Å². The second kappa shape index (κ2) is 5.89. The van der Waals surface area contributed by atoms with Gasteiger partial charge in [0.15, 0.2) is 5.13 Å². The molecule has 1 aromatic carbocycles. The van der Waals surface area contributed by atoms with Crippen molar-refractivity contribution in [2.75, 3.05) is 5.32 Å². The largest absolute Gasteiger partial charge is 0.359 e. The number of nitrogens with zero attached hydrogens (tertiary/aromatic N) is 1. The zero-order valence-corrected chi connectivity index (χ0v) is 12.6. The first-order chi connectivity index (χ1) is 8.60. The van der Waals surface area contributed by atoms with Crippen LogP contribution in [0.15, 0.2) is 18.2 Å². The lowest BCUT2D eigenvalue weighted by Gasteiger charge is -2.16. The summed E-state index contributed by atoms with van der Waals surface area (Å²) >= 11 is 7.79. The lowest BCUT2D eigenvalue weighted by atomic mass is 10.0. The third-order valence-electron chi connectivity index (χ3n) is 3.19. The van der Waals surface area contributed by atoms with Gasteiger partial charge < -0.3 is 5.32 Å². The Labute approximate surface area is 117 Å². The van der Waals surface area contributed by atoms with E-state index in [4.69, 9.17) is 11.6 Å². The van der Waals surface area contributed by atoms with Crippen molar-refractivity contribution in [1.29, 1.82) is 0 Å². The zero-order chi connectivity index (χ0) is 13.1. The Morgan fingerprint density at radius 1 is 1.39 bits per heavy atom. The molecule has 1 aromatic heterocycles. The molecule has 98 valence electrons. The van der Waals surface area contributed by atoms with Crippen molar-refractivity contribution in [2.24, 2.45) is 5.92 Å². The number of hydrogen-bond acceptors (Lipinski definition) is 3. The summed E-state index contributed by atoms with van der Waals surface area (Å²) in [6.45, 7) is 6.72. The van der Waals surface area contributed by atoms with Crippen molar-refractivity contribution in [1.82, 2.24) is 4.98 Å². The third-order valence-corrected chi connectivity index (χ3v) is 4.65. The van der Waals surface area contributed by atoms with Crippen molar-refractivity contribution in [3.05, 3.63) is 23.2 Å². The molecule has 0 aliphatic carbocycles. The SMILES string of the molecule is CCC(C)CC(C)Nc1nc2cccc(Cl)c2s1. The predicted octanol–water partition coefficient (Wildman–Crippen LogP) is 5.19. The number of thiazole rings is 1. The number of benzene rings is 1. The molecule has 2 nitrogen and oxygen atoms in total. The monoisotopic (exact) mass is 282 g/mol. The van der Waals surface area contributed by atoms with E-state index in [0.717, 1.165) is 26.3 Å². The number of fused-ring (bicyclic) bond motifs is 1. The van der Waals surface area contributed by atoms with Gasteiger partial charge in [0, 0.05) is 6.04 Å².